The number of nitrogens with zero attached hydrogens (tertiary/aromatic N) is 6. The van der Waals surface area contributed by atoms with Gasteiger partial charge in [0, 0.05) is 51.7 Å². The third-order valence-corrected chi connectivity index (χ3v) is 5.10. The Balaban J connectivity index is 1.44. The summed E-state index contributed by atoms with van der Waals surface area (Å²) in [4.78, 5) is 21.8. The SMILES string of the molecule is COCCn1cnc2cc(N3CCN(Cc4cccnn4)CC3)ccc2c1=O. The quantitative estimate of drug-likeness (QED) is 0.635. The zero-order valence-corrected chi connectivity index (χ0v) is 16.0. The molecule has 3 heterocycles. The Morgan fingerprint density at radius 2 is 2.00 bits per heavy atom. The number of piperazine rings is 1. The molecule has 0 N–H and O–H groups in total. The van der Waals surface area contributed by atoms with Crippen molar-refractivity contribution in [2.24, 2.45) is 0 Å². The van der Waals surface area contributed by atoms with Crippen molar-refractivity contribution >= 4 is 16.6 Å². The summed E-state index contributed by atoms with van der Waals surface area (Å²) in [5, 5.41) is 8.75. The van der Waals surface area contributed by atoms with Gasteiger partial charge < -0.3 is 9.64 Å². The van der Waals surface area contributed by atoms with E-state index in [1.807, 2.05) is 30.3 Å². The van der Waals surface area contributed by atoms with Gasteiger partial charge in [-0.2, -0.15) is 10.2 Å². The van der Waals surface area contributed by atoms with Crippen molar-refractivity contribution in [3.05, 3.63) is 58.9 Å². The molecular formula is C20H24N6O2. The first-order chi connectivity index (χ1) is 13.7. The molecule has 1 aromatic carbocycles. The van der Waals surface area contributed by atoms with Gasteiger partial charge in [-0.1, -0.05) is 0 Å². The maximum absolute atomic E-state index is 12.6. The van der Waals surface area contributed by atoms with E-state index in [9.17, 15) is 4.79 Å². The predicted molar refractivity (Wildman–Crippen MR) is 107 cm³/mol. The number of hydrogen-bond donors (Lipinski definition) is 0. The first-order valence-electron chi connectivity index (χ1n) is 9.46. The lowest BCUT2D eigenvalue weighted by atomic mass is 10.2. The van der Waals surface area contributed by atoms with E-state index in [4.69, 9.17) is 4.74 Å². The lowest BCUT2D eigenvalue weighted by molar-refractivity contribution is 0.186. The Morgan fingerprint density at radius 1 is 1.14 bits per heavy atom. The maximum Gasteiger partial charge on any atom is 0.261 e. The van der Waals surface area contributed by atoms with Gasteiger partial charge in [-0.25, -0.2) is 4.98 Å². The van der Waals surface area contributed by atoms with Gasteiger partial charge >= 0.3 is 0 Å². The Labute approximate surface area is 163 Å². The molecule has 0 spiro atoms. The normalized spacial score (nSPS) is 15.2. The summed E-state index contributed by atoms with van der Waals surface area (Å²) in [7, 11) is 1.62. The molecule has 4 rings (SSSR count). The summed E-state index contributed by atoms with van der Waals surface area (Å²) in [6.07, 6.45) is 3.30. The van der Waals surface area contributed by atoms with Crippen molar-refractivity contribution in [3.63, 3.8) is 0 Å². The van der Waals surface area contributed by atoms with Crippen LogP contribution in [0, 0.1) is 0 Å². The summed E-state index contributed by atoms with van der Waals surface area (Å²) >= 11 is 0. The van der Waals surface area contributed by atoms with E-state index in [-0.39, 0.29) is 5.56 Å². The molecular weight excluding hydrogens is 356 g/mol. The Bertz CT molecular complexity index is 983. The van der Waals surface area contributed by atoms with Crippen LogP contribution in [-0.4, -0.2) is 64.5 Å². The molecule has 2 aromatic heterocycles. The summed E-state index contributed by atoms with van der Waals surface area (Å²) in [6, 6.07) is 9.84. The second-order valence-electron chi connectivity index (χ2n) is 6.92. The zero-order valence-electron chi connectivity index (χ0n) is 16.0. The van der Waals surface area contributed by atoms with Crippen LogP contribution in [0.2, 0.25) is 0 Å². The number of aromatic nitrogens is 4. The first-order valence-corrected chi connectivity index (χ1v) is 9.46. The fourth-order valence-electron chi connectivity index (χ4n) is 3.50. The van der Waals surface area contributed by atoms with E-state index in [0.29, 0.717) is 18.5 Å². The summed E-state index contributed by atoms with van der Waals surface area (Å²) < 4.78 is 6.65. The minimum atomic E-state index is -0.0256. The third kappa shape index (κ3) is 4.02. The predicted octanol–water partition coefficient (Wildman–Crippen LogP) is 1.16. The third-order valence-electron chi connectivity index (χ3n) is 5.10. The molecule has 0 atom stereocenters. The molecule has 1 aliphatic heterocycles. The molecule has 8 heteroatoms. The highest BCUT2D eigenvalue weighted by Gasteiger charge is 2.18. The molecule has 0 unspecified atom stereocenters. The van der Waals surface area contributed by atoms with Crippen molar-refractivity contribution in [2.45, 2.75) is 13.1 Å². The van der Waals surface area contributed by atoms with E-state index in [2.05, 4.69) is 25.0 Å². The van der Waals surface area contributed by atoms with Gasteiger partial charge in [0.25, 0.3) is 5.56 Å². The van der Waals surface area contributed by atoms with Crippen LogP contribution in [-0.2, 0) is 17.8 Å². The van der Waals surface area contributed by atoms with Crippen LogP contribution in [0.15, 0.2) is 47.7 Å². The molecule has 1 saturated heterocycles. The number of hydrogen-bond acceptors (Lipinski definition) is 7. The first kappa shape index (κ1) is 18.5. The Kier molecular flexibility index (Phi) is 5.59. The molecule has 0 saturated carbocycles. The second kappa shape index (κ2) is 8.45. The monoisotopic (exact) mass is 380 g/mol. The minimum absolute atomic E-state index is 0.0256. The summed E-state index contributed by atoms with van der Waals surface area (Å²) in [6.45, 7) is 5.59. The molecule has 1 fully saturated rings. The fourth-order valence-corrected chi connectivity index (χ4v) is 3.50. The van der Waals surface area contributed by atoms with E-state index in [0.717, 1.165) is 49.6 Å². The second-order valence-corrected chi connectivity index (χ2v) is 6.92. The van der Waals surface area contributed by atoms with Crippen LogP contribution in [0.5, 0.6) is 0 Å². The smallest absolute Gasteiger partial charge is 0.261 e. The fraction of sp³-hybridized carbons (Fsp3) is 0.400. The van der Waals surface area contributed by atoms with E-state index < -0.39 is 0 Å². The molecule has 1 aliphatic rings. The van der Waals surface area contributed by atoms with Gasteiger partial charge in [-0.05, 0) is 30.3 Å². The van der Waals surface area contributed by atoms with Gasteiger partial charge in [-0.3, -0.25) is 14.3 Å². The van der Waals surface area contributed by atoms with Gasteiger partial charge in [0.2, 0.25) is 0 Å². The summed E-state index contributed by atoms with van der Waals surface area (Å²) in [5.41, 5.74) is 2.81. The standard InChI is InChI=1S/C20H24N6O2/c1-28-12-11-26-15-21-19-13-17(4-5-18(19)20(26)27)25-9-7-24(8-10-25)14-16-3-2-6-22-23-16/h2-6,13,15H,7-12,14H2,1H3. The molecule has 0 amide bonds. The average Bonchev–Trinajstić information content (AvgIpc) is 2.74. The summed E-state index contributed by atoms with van der Waals surface area (Å²) in [5.74, 6) is 0. The van der Waals surface area contributed by atoms with Crippen molar-refractivity contribution in [1.29, 1.82) is 0 Å². The minimum Gasteiger partial charge on any atom is -0.383 e. The molecule has 0 aliphatic carbocycles. The lowest BCUT2D eigenvalue weighted by Crippen LogP contribution is -2.46. The van der Waals surface area contributed by atoms with Crippen LogP contribution < -0.4 is 10.5 Å². The van der Waals surface area contributed by atoms with Crippen LogP contribution in [0.3, 0.4) is 0 Å². The highest BCUT2D eigenvalue weighted by molar-refractivity contribution is 5.81. The van der Waals surface area contributed by atoms with Crippen molar-refractivity contribution < 1.29 is 4.74 Å². The van der Waals surface area contributed by atoms with Crippen LogP contribution in [0.1, 0.15) is 5.69 Å². The molecule has 146 valence electrons. The molecule has 28 heavy (non-hydrogen) atoms. The van der Waals surface area contributed by atoms with Crippen molar-refractivity contribution in [1.82, 2.24) is 24.6 Å². The van der Waals surface area contributed by atoms with E-state index in [1.165, 1.54) is 0 Å². The van der Waals surface area contributed by atoms with Crippen molar-refractivity contribution in [2.75, 3.05) is 44.8 Å². The molecule has 3 aromatic rings. The number of ether oxygens (including phenoxy) is 1. The van der Waals surface area contributed by atoms with Crippen LogP contribution in [0.25, 0.3) is 10.9 Å². The number of anilines is 1. The van der Waals surface area contributed by atoms with Gasteiger partial charge in [0.05, 0.1) is 36.1 Å². The van der Waals surface area contributed by atoms with E-state index in [1.54, 1.807) is 24.2 Å². The average molecular weight is 380 g/mol. The van der Waals surface area contributed by atoms with Crippen molar-refractivity contribution in [3.8, 4) is 0 Å². The van der Waals surface area contributed by atoms with Crippen LogP contribution in [0.4, 0.5) is 5.69 Å². The number of benzene rings is 1. The Morgan fingerprint density at radius 3 is 2.75 bits per heavy atom. The Hall–Kier alpha value is -2.84. The maximum atomic E-state index is 12.6. The lowest BCUT2D eigenvalue weighted by Gasteiger charge is -2.35. The van der Waals surface area contributed by atoms with E-state index >= 15 is 0 Å². The number of methoxy groups -OCH3 is 1. The van der Waals surface area contributed by atoms with Crippen LogP contribution >= 0.6 is 0 Å². The van der Waals surface area contributed by atoms with Gasteiger partial charge in [-0.15, -0.1) is 0 Å². The molecule has 0 radical (unpaired) electrons. The van der Waals surface area contributed by atoms with Gasteiger partial charge in [0.1, 0.15) is 0 Å². The largest absolute Gasteiger partial charge is 0.383 e. The highest BCUT2D eigenvalue weighted by Crippen LogP contribution is 2.20. The molecule has 0 bridgehead atoms. The zero-order chi connectivity index (χ0) is 19.3. The topological polar surface area (TPSA) is 76.4 Å². The number of fused-ring (bicyclic) bond motifs is 1. The number of rotatable bonds is 6. The molecule has 8 nitrogen and oxygen atoms in total. The highest BCUT2D eigenvalue weighted by atomic mass is 16.5. The van der Waals surface area contributed by atoms with Gasteiger partial charge in [0.15, 0.2) is 0 Å².